The van der Waals surface area contributed by atoms with E-state index in [2.05, 4.69) is 10.3 Å². The summed E-state index contributed by atoms with van der Waals surface area (Å²) in [5.74, 6) is -0.0428. The van der Waals surface area contributed by atoms with Crippen molar-refractivity contribution >= 4 is 5.97 Å². The summed E-state index contributed by atoms with van der Waals surface area (Å²) in [4.78, 5) is 15.0. The summed E-state index contributed by atoms with van der Waals surface area (Å²) < 4.78 is 5.52. The maximum Gasteiger partial charge on any atom is 0.320 e. The number of carbonyl (C=O) groups is 1. The van der Waals surface area contributed by atoms with Gasteiger partial charge in [0.25, 0.3) is 0 Å². The van der Waals surface area contributed by atoms with Crippen molar-refractivity contribution in [2.45, 2.75) is 38.3 Å². The van der Waals surface area contributed by atoms with Crippen LogP contribution in [0, 0.1) is 0 Å². The maximum absolute atomic E-state index is 10.9. The predicted molar refractivity (Wildman–Crippen MR) is 66.6 cm³/mol. The highest BCUT2D eigenvalue weighted by Gasteiger charge is 2.29. The van der Waals surface area contributed by atoms with Gasteiger partial charge in [0, 0.05) is 12.2 Å². The molecule has 1 saturated heterocycles. The van der Waals surface area contributed by atoms with E-state index < -0.39 is 12.0 Å². The number of carboxylic acid groups (broad SMARTS) is 1. The second-order valence-electron chi connectivity index (χ2n) is 4.49. The topological polar surface area (TPSA) is 71.5 Å². The van der Waals surface area contributed by atoms with Gasteiger partial charge in [-0.3, -0.25) is 15.1 Å². The van der Waals surface area contributed by atoms with Gasteiger partial charge in [-0.05, 0) is 30.9 Å². The number of ether oxygens (including phenoxy) is 1. The summed E-state index contributed by atoms with van der Waals surface area (Å²) in [6, 6.07) is 1.55. The quantitative estimate of drug-likeness (QED) is 0.833. The van der Waals surface area contributed by atoms with Gasteiger partial charge in [0.05, 0.1) is 12.8 Å². The molecule has 98 valence electrons. The third-order valence-corrected chi connectivity index (χ3v) is 3.05. The van der Waals surface area contributed by atoms with E-state index in [1.807, 2.05) is 13.0 Å². The Balaban J connectivity index is 2.03. The summed E-state index contributed by atoms with van der Waals surface area (Å²) >= 11 is 0. The number of nitrogens with zero attached hydrogens (tertiary/aromatic N) is 1. The molecule has 0 spiro atoms. The summed E-state index contributed by atoms with van der Waals surface area (Å²) in [7, 11) is 0. The maximum atomic E-state index is 10.9. The zero-order chi connectivity index (χ0) is 13.0. The van der Waals surface area contributed by atoms with Crippen molar-refractivity contribution in [3.8, 4) is 5.75 Å². The van der Waals surface area contributed by atoms with Crippen molar-refractivity contribution < 1.29 is 14.6 Å². The second-order valence-corrected chi connectivity index (χ2v) is 4.49. The molecule has 0 bridgehead atoms. The van der Waals surface area contributed by atoms with Crippen molar-refractivity contribution in [2.24, 2.45) is 0 Å². The van der Waals surface area contributed by atoms with Crippen molar-refractivity contribution in [3.63, 3.8) is 0 Å². The van der Waals surface area contributed by atoms with Crippen LogP contribution in [0.1, 0.15) is 37.8 Å². The van der Waals surface area contributed by atoms with Crippen molar-refractivity contribution in [2.75, 3.05) is 6.61 Å². The van der Waals surface area contributed by atoms with E-state index in [-0.39, 0.29) is 6.04 Å². The fraction of sp³-hybridized carbons (Fsp3) is 0.538. The fourth-order valence-electron chi connectivity index (χ4n) is 2.13. The molecule has 1 aromatic heterocycles. The standard InChI is InChI=1S/C13H18N2O3/c1-2-5-18-10-6-9(7-14-8-10)11-3-4-12(15-11)13(16)17/h6-8,11-12,15H,2-5H2,1H3,(H,16,17). The van der Waals surface area contributed by atoms with E-state index in [4.69, 9.17) is 9.84 Å². The van der Waals surface area contributed by atoms with Crippen molar-refractivity contribution in [1.82, 2.24) is 10.3 Å². The Morgan fingerprint density at radius 3 is 3.06 bits per heavy atom. The van der Waals surface area contributed by atoms with Gasteiger partial charge >= 0.3 is 5.97 Å². The molecule has 2 rings (SSSR count). The van der Waals surface area contributed by atoms with Crippen LogP contribution >= 0.6 is 0 Å². The van der Waals surface area contributed by atoms with Gasteiger partial charge in [0.15, 0.2) is 0 Å². The number of aromatic nitrogens is 1. The third-order valence-electron chi connectivity index (χ3n) is 3.05. The molecule has 5 nitrogen and oxygen atoms in total. The largest absolute Gasteiger partial charge is 0.492 e. The van der Waals surface area contributed by atoms with E-state index in [9.17, 15) is 4.79 Å². The minimum atomic E-state index is -0.788. The number of pyridine rings is 1. The Morgan fingerprint density at radius 2 is 2.39 bits per heavy atom. The first kappa shape index (κ1) is 12.8. The van der Waals surface area contributed by atoms with Crippen molar-refractivity contribution in [1.29, 1.82) is 0 Å². The predicted octanol–water partition coefficient (Wildman–Crippen LogP) is 1.75. The van der Waals surface area contributed by atoms with Gasteiger partial charge < -0.3 is 9.84 Å². The Labute approximate surface area is 106 Å². The molecular formula is C13H18N2O3. The van der Waals surface area contributed by atoms with Crippen LogP contribution < -0.4 is 10.1 Å². The molecule has 2 atom stereocenters. The van der Waals surface area contributed by atoms with Crippen LogP contribution in [-0.2, 0) is 4.79 Å². The third kappa shape index (κ3) is 2.98. The number of carboxylic acids is 1. The van der Waals surface area contributed by atoms with Crippen LogP contribution in [0.3, 0.4) is 0 Å². The highest BCUT2D eigenvalue weighted by molar-refractivity contribution is 5.73. The average molecular weight is 250 g/mol. The zero-order valence-corrected chi connectivity index (χ0v) is 10.4. The van der Waals surface area contributed by atoms with Gasteiger partial charge in [-0.1, -0.05) is 6.92 Å². The van der Waals surface area contributed by atoms with Gasteiger partial charge in [0.2, 0.25) is 0 Å². The summed E-state index contributed by atoms with van der Waals surface area (Å²) in [6.45, 7) is 2.72. The Morgan fingerprint density at radius 1 is 1.56 bits per heavy atom. The van der Waals surface area contributed by atoms with E-state index in [1.165, 1.54) is 0 Å². The van der Waals surface area contributed by atoms with Crippen LogP contribution in [0.4, 0.5) is 0 Å². The molecular weight excluding hydrogens is 232 g/mol. The molecule has 1 aliphatic rings. The molecule has 0 radical (unpaired) electrons. The van der Waals surface area contributed by atoms with E-state index in [1.54, 1.807) is 12.4 Å². The number of hydrogen-bond acceptors (Lipinski definition) is 4. The lowest BCUT2D eigenvalue weighted by molar-refractivity contribution is -0.139. The van der Waals surface area contributed by atoms with Crippen LogP contribution in [-0.4, -0.2) is 28.7 Å². The Hall–Kier alpha value is -1.62. The first-order chi connectivity index (χ1) is 8.70. The molecule has 5 heteroatoms. The fourth-order valence-corrected chi connectivity index (χ4v) is 2.13. The molecule has 2 N–H and O–H groups in total. The summed E-state index contributed by atoms with van der Waals surface area (Å²) in [6.07, 6.45) is 5.87. The lowest BCUT2D eigenvalue weighted by Gasteiger charge is -2.13. The number of aliphatic carboxylic acids is 1. The average Bonchev–Trinajstić information content (AvgIpc) is 2.86. The Kier molecular flexibility index (Phi) is 4.15. The number of nitrogens with one attached hydrogen (secondary N) is 1. The van der Waals surface area contributed by atoms with Crippen LogP contribution in [0.5, 0.6) is 5.75 Å². The molecule has 2 heterocycles. The number of hydrogen-bond donors (Lipinski definition) is 2. The molecule has 1 aliphatic heterocycles. The van der Waals surface area contributed by atoms with Gasteiger partial charge in [-0.2, -0.15) is 0 Å². The SMILES string of the molecule is CCCOc1cncc(C2CCC(C(=O)O)N2)c1. The van der Waals surface area contributed by atoms with Crippen LogP contribution in [0.25, 0.3) is 0 Å². The molecule has 0 aromatic carbocycles. The molecule has 1 fully saturated rings. The smallest absolute Gasteiger partial charge is 0.320 e. The lowest BCUT2D eigenvalue weighted by Crippen LogP contribution is -2.31. The zero-order valence-electron chi connectivity index (χ0n) is 10.4. The van der Waals surface area contributed by atoms with Crippen LogP contribution in [0.2, 0.25) is 0 Å². The molecule has 0 amide bonds. The minimum Gasteiger partial charge on any atom is -0.492 e. The van der Waals surface area contributed by atoms with Gasteiger partial charge in [-0.25, -0.2) is 0 Å². The molecule has 0 aliphatic carbocycles. The Bertz CT molecular complexity index is 422. The number of rotatable bonds is 5. The highest BCUT2D eigenvalue weighted by Crippen LogP contribution is 2.28. The van der Waals surface area contributed by atoms with E-state index >= 15 is 0 Å². The second kappa shape index (κ2) is 5.82. The summed E-state index contributed by atoms with van der Waals surface area (Å²) in [5.41, 5.74) is 0.993. The normalized spacial score (nSPS) is 22.9. The van der Waals surface area contributed by atoms with E-state index in [0.29, 0.717) is 13.0 Å². The lowest BCUT2D eigenvalue weighted by atomic mass is 10.1. The van der Waals surface area contributed by atoms with E-state index in [0.717, 1.165) is 24.2 Å². The van der Waals surface area contributed by atoms with Crippen molar-refractivity contribution in [3.05, 3.63) is 24.0 Å². The molecule has 18 heavy (non-hydrogen) atoms. The minimum absolute atomic E-state index is 0.0591. The summed E-state index contributed by atoms with van der Waals surface area (Å²) in [5, 5.41) is 12.0. The molecule has 0 saturated carbocycles. The highest BCUT2D eigenvalue weighted by atomic mass is 16.5. The van der Waals surface area contributed by atoms with Crippen LogP contribution in [0.15, 0.2) is 18.5 Å². The first-order valence-electron chi connectivity index (χ1n) is 6.27. The monoisotopic (exact) mass is 250 g/mol. The first-order valence-corrected chi connectivity index (χ1v) is 6.27. The van der Waals surface area contributed by atoms with Gasteiger partial charge in [-0.15, -0.1) is 0 Å². The molecule has 1 aromatic rings. The van der Waals surface area contributed by atoms with Gasteiger partial charge in [0.1, 0.15) is 11.8 Å². The molecule has 2 unspecified atom stereocenters.